The van der Waals surface area contributed by atoms with Gasteiger partial charge in [-0.05, 0) is 45.7 Å². The molecular weight excluding hydrogens is 252 g/mol. The predicted octanol–water partition coefficient (Wildman–Crippen LogP) is 1.84. The van der Waals surface area contributed by atoms with Crippen LogP contribution in [0.1, 0.15) is 43.1 Å². The molecular formula is C15H24N4O. The average Bonchev–Trinajstić information content (AvgIpc) is 2.49. The van der Waals surface area contributed by atoms with E-state index in [1.54, 1.807) is 0 Å². The number of nitrogens with zero attached hydrogens (tertiary/aromatic N) is 2. The molecule has 0 bridgehead atoms. The van der Waals surface area contributed by atoms with Gasteiger partial charge >= 0.3 is 0 Å². The molecule has 0 unspecified atom stereocenters. The second-order valence-electron chi connectivity index (χ2n) is 5.81. The van der Waals surface area contributed by atoms with E-state index in [9.17, 15) is 0 Å². The summed E-state index contributed by atoms with van der Waals surface area (Å²) in [6, 6.07) is 2.52. The van der Waals surface area contributed by atoms with Crippen LogP contribution in [0.5, 0.6) is 0 Å². The van der Waals surface area contributed by atoms with Crippen LogP contribution < -0.4 is 10.6 Å². The Morgan fingerprint density at radius 2 is 2.10 bits per heavy atom. The van der Waals surface area contributed by atoms with Crippen LogP contribution in [0.3, 0.4) is 0 Å². The fourth-order valence-corrected chi connectivity index (χ4v) is 3.06. The molecule has 0 spiro atoms. The van der Waals surface area contributed by atoms with E-state index < -0.39 is 0 Å². The lowest BCUT2D eigenvalue weighted by Crippen LogP contribution is -2.31. The highest BCUT2D eigenvalue weighted by atomic mass is 16.5. The largest absolute Gasteiger partial charge is 0.379 e. The zero-order valence-electron chi connectivity index (χ0n) is 12.2. The summed E-state index contributed by atoms with van der Waals surface area (Å²) in [4.78, 5) is 9.17. The van der Waals surface area contributed by atoms with Crippen LogP contribution in [0.15, 0.2) is 6.07 Å². The molecule has 0 amide bonds. The molecule has 0 radical (unpaired) electrons. The van der Waals surface area contributed by atoms with Crippen LogP contribution in [-0.4, -0.2) is 42.3 Å². The Morgan fingerprint density at radius 1 is 1.25 bits per heavy atom. The first-order valence-corrected chi connectivity index (χ1v) is 7.72. The third kappa shape index (κ3) is 3.46. The fourth-order valence-electron chi connectivity index (χ4n) is 3.06. The molecule has 2 saturated heterocycles. The summed E-state index contributed by atoms with van der Waals surface area (Å²) < 4.78 is 5.52. The Kier molecular flexibility index (Phi) is 4.47. The molecule has 5 heteroatoms. The van der Waals surface area contributed by atoms with E-state index in [1.807, 2.05) is 6.92 Å². The van der Waals surface area contributed by atoms with Crippen molar-refractivity contribution in [2.24, 2.45) is 0 Å². The van der Waals surface area contributed by atoms with Crippen LogP contribution in [0.25, 0.3) is 0 Å². The topological polar surface area (TPSA) is 59.1 Å². The Morgan fingerprint density at radius 3 is 2.85 bits per heavy atom. The first-order chi connectivity index (χ1) is 9.81. The van der Waals surface area contributed by atoms with Gasteiger partial charge in [-0.2, -0.15) is 0 Å². The van der Waals surface area contributed by atoms with Gasteiger partial charge in [0.15, 0.2) is 0 Å². The number of anilines is 1. The predicted molar refractivity (Wildman–Crippen MR) is 79.1 cm³/mol. The molecule has 1 atom stereocenters. The molecule has 0 aliphatic carbocycles. The number of piperidine rings is 1. The molecule has 2 fully saturated rings. The maximum absolute atomic E-state index is 5.52. The maximum atomic E-state index is 5.52. The number of ether oxygens (including phenoxy) is 1. The summed E-state index contributed by atoms with van der Waals surface area (Å²) in [7, 11) is 0. The lowest BCUT2D eigenvalue weighted by molar-refractivity contribution is 0.0875. The standard InChI is InChI=1S/C15H24N4O/c1-11-17-14(12-4-6-16-7-5-12)9-15(18-11)19-13-3-2-8-20-10-13/h9,12-13,16H,2-8,10H2,1H3,(H,17,18,19)/t13-/m1/s1. The van der Waals surface area contributed by atoms with Crippen LogP contribution >= 0.6 is 0 Å². The second kappa shape index (κ2) is 6.50. The summed E-state index contributed by atoms with van der Waals surface area (Å²) in [5, 5.41) is 6.91. The zero-order valence-corrected chi connectivity index (χ0v) is 12.2. The molecule has 5 nitrogen and oxygen atoms in total. The molecule has 0 saturated carbocycles. The quantitative estimate of drug-likeness (QED) is 0.882. The third-order valence-corrected chi connectivity index (χ3v) is 4.13. The minimum atomic E-state index is 0.388. The summed E-state index contributed by atoms with van der Waals surface area (Å²) in [5.41, 5.74) is 1.19. The maximum Gasteiger partial charge on any atom is 0.130 e. The van der Waals surface area contributed by atoms with Gasteiger partial charge in [-0.1, -0.05) is 0 Å². The number of hydrogen-bond donors (Lipinski definition) is 2. The molecule has 3 heterocycles. The minimum Gasteiger partial charge on any atom is -0.379 e. The van der Waals surface area contributed by atoms with Crippen LogP contribution in [0, 0.1) is 6.92 Å². The lowest BCUT2D eigenvalue weighted by Gasteiger charge is -2.25. The van der Waals surface area contributed by atoms with Crippen molar-refractivity contribution in [3.63, 3.8) is 0 Å². The first kappa shape index (κ1) is 13.8. The molecule has 0 aromatic carbocycles. The number of aryl methyl sites for hydroxylation is 1. The third-order valence-electron chi connectivity index (χ3n) is 4.13. The van der Waals surface area contributed by atoms with Crippen LogP contribution in [0.2, 0.25) is 0 Å². The fraction of sp³-hybridized carbons (Fsp3) is 0.733. The van der Waals surface area contributed by atoms with Gasteiger partial charge in [0.1, 0.15) is 11.6 Å². The molecule has 110 valence electrons. The number of rotatable bonds is 3. The molecule has 3 rings (SSSR count). The summed E-state index contributed by atoms with van der Waals surface area (Å²) in [6.07, 6.45) is 4.62. The summed E-state index contributed by atoms with van der Waals surface area (Å²) in [5.74, 6) is 2.39. The molecule has 2 aliphatic rings. The van der Waals surface area contributed by atoms with Crippen molar-refractivity contribution in [1.82, 2.24) is 15.3 Å². The summed E-state index contributed by atoms with van der Waals surface area (Å²) >= 11 is 0. The monoisotopic (exact) mass is 276 g/mol. The van der Waals surface area contributed by atoms with Crippen molar-refractivity contribution in [2.45, 2.75) is 44.6 Å². The van der Waals surface area contributed by atoms with E-state index >= 15 is 0 Å². The van der Waals surface area contributed by atoms with E-state index in [4.69, 9.17) is 4.74 Å². The number of hydrogen-bond acceptors (Lipinski definition) is 5. The Hall–Kier alpha value is -1.20. The van der Waals surface area contributed by atoms with Crippen LogP contribution in [-0.2, 0) is 4.74 Å². The second-order valence-corrected chi connectivity index (χ2v) is 5.81. The Balaban J connectivity index is 1.71. The Bertz CT molecular complexity index is 439. The van der Waals surface area contributed by atoms with Gasteiger partial charge in [0.05, 0.1) is 12.6 Å². The van der Waals surface area contributed by atoms with Crippen molar-refractivity contribution in [3.8, 4) is 0 Å². The molecule has 1 aromatic rings. The van der Waals surface area contributed by atoms with Gasteiger partial charge in [0, 0.05) is 24.3 Å². The van der Waals surface area contributed by atoms with Crippen molar-refractivity contribution < 1.29 is 4.74 Å². The normalized spacial score (nSPS) is 24.6. The highest BCUT2D eigenvalue weighted by molar-refractivity contribution is 5.38. The molecule has 20 heavy (non-hydrogen) atoms. The van der Waals surface area contributed by atoms with E-state index in [-0.39, 0.29) is 0 Å². The van der Waals surface area contributed by atoms with Gasteiger partial charge in [-0.25, -0.2) is 9.97 Å². The molecule has 2 aliphatic heterocycles. The molecule has 1 aromatic heterocycles. The lowest BCUT2D eigenvalue weighted by atomic mass is 9.94. The highest BCUT2D eigenvalue weighted by Gasteiger charge is 2.19. The summed E-state index contributed by atoms with van der Waals surface area (Å²) in [6.45, 7) is 5.83. The average molecular weight is 276 g/mol. The van der Waals surface area contributed by atoms with Gasteiger partial charge in [-0.3, -0.25) is 0 Å². The van der Waals surface area contributed by atoms with Crippen molar-refractivity contribution in [1.29, 1.82) is 0 Å². The smallest absolute Gasteiger partial charge is 0.130 e. The highest BCUT2D eigenvalue weighted by Crippen LogP contribution is 2.25. The van der Waals surface area contributed by atoms with Crippen LogP contribution in [0.4, 0.5) is 5.82 Å². The van der Waals surface area contributed by atoms with E-state index in [2.05, 4.69) is 26.7 Å². The van der Waals surface area contributed by atoms with Gasteiger partial charge in [-0.15, -0.1) is 0 Å². The van der Waals surface area contributed by atoms with Crippen molar-refractivity contribution in [2.75, 3.05) is 31.6 Å². The van der Waals surface area contributed by atoms with E-state index in [0.29, 0.717) is 12.0 Å². The Labute approximate surface area is 120 Å². The van der Waals surface area contributed by atoms with Gasteiger partial charge < -0.3 is 15.4 Å². The van der Waals surface area contributed by atoms with Gasteiger partial charge in [0.2, 0.25) is 0 Å². The minimum absolute atomic E-state index is 0.388. The first-order valence-electron chi connectivity index (χ1n) is 7.72. The van der Waals surface area contributed by atoms with E-state index in [1.165, 1.54) is 18.5 Å². The molecule has 2 N–H and O–H groups in total. The van der Waals surface area contributed by atoms with Gasteiger partial charge in [0.25, 0.3) is 0 Å². The zero-order chi connectivity index (χ0) is 13.8. The number of nitrogens with one attached hydrogen (secondary N) is 2. The van der Waals surface area contributed by atoms with Crippen molar-refractivity contribution >= 4 is 5.82 Å². The number of aromatic nitrogens is 2. The SMILES string of the molecule is Cc1nc(N[C@@H]2CCCOC2)cc(C2CCNCC2)n1. The van der Waals surface area contributed by atoms with E-state index in [0.717, 1.165) is 50.8 Å². The van der Waals surface area contributed by atoms with Crippen molar-refractivity contribution in [3.05, 3.63) is 17.6 Å².